The molecule has 0 unspecified atom stereocenters. The van der Waals surface area contributed by atoms with E-state index in [1.54, 1.807) is 41.5 Å². The van der Waals surface area contributed by atoms with Crippen LogP contribution in [0, 0.1) is 6.92 Å². The molecule has 336 valence electrons. The van der Waals surface area contributed by atoms with Crippen molar-refractivity contribution in [2.24, 2.45) is 0 Å². The van der Waals surface area contributed by atoms with E-state index in [1.807, 2.05) is 79.3 Å². The second-order valence-electron chi connectivity index (χ2n) is 20.6. The van der Waals surface area contributed by atoms with Gasteiger partial charge in [-0.3, -0.25) is 38.7 Å². The molecule has 0 amide bonds. The molecule has 0 heterocycles. The molecule has 0 radical (unpaired) electrons. The van der Waals surface area contributed by atoms with Crippen LogP contribution in [0.5, 0.6) is 0 Å². The van der Waals surface area contributed by atoms with Crippen LogP contribution in [0.15, 0.2) is 24.3 Å². The molecule has 1 aromatic rings. The third kappa shape index (κ3) is 21.5. The van der Waals surface area contributed by atoms with Gasteiger partial charge in [-0.1, -0.05) is 42.7 Å². The summed E-state index contributed by atoms with van der Waals surface area (Å²) in [5, 5.41) is 0. The third-order valence-electron chi connectivity index (χ3n) is 9.56. The normalized spacial score (nSPS) is 17.4. The molecule has 0 bridgehead atoms. The largest absolute Gasteiger partial charge is 0.462 e. The maximum absolute atomic E-state index is 13.9. The van der Waals surface area contributed by atoms with Crippen molar-refractivity contribution in [2.45, 2.75) is 189 Å². The van der Waals surface area contributed by atoms with Gasteiger partial charge in [0.05, 0.1) is 26.2 Å². The molecular weight excluding hydrogens is 755 g/mol. The standard InChI is InChI=1S/C46H77N3O10/c1-33-20-22-34(23-21-33)26-35(47(25-24-46(14,15)55-32-50)28-38(51)56-42(2,3)4)27-48(29-39(52)57-43(5,6)7)36-18-16-17-19-37(36)49(30-40(53)58-44(8,9)10)31-41(54)59-45(11,12)13/h20-23,32,35-37H,16-19,24-31H2,1-15H3/t35-,36+,37+/m1/s1. The number of aryl methyl sites for hydroxylation is 1. The fourth-order valence-corrected chi connectivity index (χ4v) is 7.28. The molecule has 0 aliphatic heterocycles. The Morgan fingerprint density at radius 3 is 1.42 bits per heavy atom. The van der Waals surface area contributed by atoms with E-state index in [1.165, 1.54) is 0 Å². The molecule has 59 heavy (non-hydrogen) atoms. The first kappa shape index (κ1) is 51.6. The summed E-state index contributed by atoms with van der Waals surface area (Å²) in [5.74, 6) is -1.76. The second kappa shape index (κ2) is 21.8. The Hall–Kier alpha value is -3.55. The minimum absolute atomic E-state index is 0.0528. The number of rotatable bonds is 20. The van der Waals surface area contributed by atoms with Gasteiger partial charge in [0.15, 0.2) is 0 Å². The number of nitrogens with zero attached hydrogens (tertiary/aromatic N) is 3. The van der Waals surface area contributed by atoms with E-state index < -0.39 is 51.9 Å². The van der Waals surface area contributed by atoms with Gasteiger partial charge in [0, 0.05) is 31.2 Å². The first-order chi connectivity index (χ1) is 26.9. The average Bonchev–Trinajstić information content (AvgIpc) is 3.03. The zero-order chi connectivity index (χ0) is 45.0. The first-order valence-electron chi connectivity index (χ1n) is 21.2. The van der Waals surface area contributed by atoms with Crippen molar-refractivity contribution in [1.82, 2.24) is 14.7 Å². The molecule has 0 N–H and O–H groups in total. The van der Waals surface area contributed by atoms with Crippen LogP contribution in [0.3, 0.4) is 0 Å². The molecule has 1 aromatic carbocycles. The molecule has 0 saturated heterocycles. The van der Waals surface area contributed by atoms with Crippen molar-refractivity contribution in [3.8, 4) is 0 Å². The zero-order valence-electron chi connectivity index (χ0n) is 39.0. The molecule has 1 aliphatic carbocycles. The van der Waals surface area contributed by atoms with Crippen LogP contribution >= 0.6 is 0 Å². The lowest BCUT2D eigenvalue weighted by atomic mass is 9.87. The molecule has 2 rings (SSSR count). The van der Waals surface area contributed by atoms with Gasteiger partial charge in [-0.25, -0.2) is 0 Å². The lowest BCUT2D eigenvalue weighted by Gasteiger charge is -2.46. The van der Waals surface area contributed by atoms with Gasteiger partial charge in [-0.15, -0.1) is 0 Å². The molecule has 3 atom stereocenters. The van der Waals surface area contributed by atoms with E-state index in [2.05, 4.69) is 21.9 Å². The van der Waals surface area contributed by atoms with E-state index in [4.69, 9.17) is 23.7 Å². The Morgan fingerprint density at radius 2 is 1.02 bits per heavy atom. The smallest absolute Gasteiger partial charge is 0.320 e. The number of benzene rings is 1. The summed E-state index contributed by atoms with van der Waals surface area (Å²) in [6, 6.07) is 7.23. The van der Waals surface area contributed by atoms with Crippen LogP contribution in [0.1, 0.15) is 140 Å². The Labute approximate surface area is 355 Å². The van der Waals surface area contributed by atoms with Crippen LogP contribution in [0.25, 0.3) is 0 Å². The predicted octanol–water partition coefficient (Wildman–Crippen LogP) is 6.83. The number of ether oxygens (including phenoxy) is 5. The molecule has 13 heteroatoms. The highest BCUT2D eigenvalue weighted by atomic mass is 16.6. The van der Waals surface area contributed by atoms with Crippen LogP contribution in [-0.2, 0) is 54.1 Å². The average molecular weight is 832 g/mol. The van der Waals surface area contributed by atoms with E-state index >= 15 is 0 Å². The van der Waals surface area contributed by atoms with Gasteiger partial charge in [0.1, 0.15) is 28.0 Å². The monoisotopic (exact) mass is 832 g/mol. The Kier molecular flexibility index (Phi) is 19.1. The van der Waals surface area contributed by atoms with E-state index in [0.717, 1.165) is 24.0 Å². The van der Waals surface area contributed by atoms with E-state index in [-0.39, 0.29) is 44.3 Å². The maximum Gasteiger partial charge on any atom is 0.320 e. The summed E-state index contributed by atoms with van der Waals surface area (Å²) in [5.41, 5.74) is -1.63. The summed E-state index contributed by atoms with van der Waals surface area (Å²) in [6.07, 6.45) is 3.97. The van der Waals surface area contributed by atoms with Crippen molar-refractivity contribution in [1.29, 1.82) is 0 Å². The minimum atomic E-state index is -0.823. The summed E-state index contributed by atoms with van der Waals surface area (Å²) in [7, 11) is 0. The van der Waals surface area contributed by atoms with E-state index in [9.17, 15) is 24.0 Å². The van der Waals surface area contributed by atoms with Gasteiger partial charge in [-0.05, 0) is 135 Å². The number of esters is 4. The fourth-order valence-electron chi connectivity index (χ4n) is 7.28. The minimum Gasteiger partial charge on any atom is -0.462 e. The predicted molar refractivity (Wildman–Crippen MR) is 229 cm³/mol. The van der Waals surface area contributed by atoms with Crippen molar-refractivity contribution in [3.05, 3.63) is 35.4 Å². The van der Waals surface area contributed by atoms with Gasteiger partial charge < -0.3 is 23.7 Å². The van der Waals surface area contributed by atoms with Crippen LogP contribution in [0.4, 0.5) is 0 Å². The molecule has 0 aromatic heterocycles. The maximum atomic E-state index is 13.9. The van der Waals surface area contributed by atoms with E-state index in [0.29, 0.717) is 45.2 Å². The molecule has 1 fully saturated rings. The van der Waals surface area contributed by atoms with Gasteiger partial charge in [0.2, 0.25) is 0 Å². The van der Waals surface area contributed by atoms with Gasteiger partial charge >= 0.3 is 23.9 Å². The van der Waals surface area contributed by atoms with Gasteiger partial charge in [0.25, 0.3) is 6.47 Å². The van der Waals surface area contributed by atoms with Gasteiger partial charge in [-0.2, -0.15) is 0 Å². The molecule has 13 nitrogen and oxygen atoms in total. The topological polar surface area (TPSA) is 141 Å². The number of carbonyl (C=O) groups is 5. The third-order valence-corrected chi connectivity index (χ3v) is 9.56. The highest BCUT2D eigenvalue weighted by Crippen LogP contribution is 2.30. The highest BCUT2D eigenvalue weighted by molar-refractivity contribution is 5.76. The second-order valence-corrected chi connectivity index (χ2v) is 20.6. The lowest BCUT2D eigenvalue weighted by molar-refractivity contribution is -0.164. The van der Waals surface area contributed by atoms with Crippen molar-refractivity contribution in [3.63, 3.8) is 0 Å². The summed E-state index contributed by atoms with van der Waals surface area (Å²) < 4.78 is 28.7. The summed E-state index contributed by atoms with van der Waals surface area (Å²) in [6.45, 7) is 28.2. The van der Waals surface area contributed by atoms with Crippen LogP contribution in [-0.4, -0.2) is 130 Å². The SMILES string of the molecule is Cc1ccc(C[C@H](CN(CC(=O)OC(C)(C)C)[C@H]2CCCC[C@@H]2N(CC(=O)OC(C)(C)C)CC(=O)OC(C)(C)C)N(CCC(C)(C)OC=O)CC(=O)OC(C)(C)C)cc1. The summed E-state index contributed by atoms with van der Waals surface area (Å²) >= 11 is 0. The molecular formula is C46H77N3O10. The number of carbonyl (C=O) groups excluding carboxylic acids is 5. The Bertz CT molecular complexity index is 1490. The van der Waals surface area contributed by atoms with Crippen LogP contribution < -0.4 is 0 Å². The van der Waals surface area contributed by atoms with Crippen molar-refractivity contribution in [2.75, 3.05) is 39.3 Å². The highest BCUT2D eigenvalue weighted by Gasteiger charge is 2.40. The number of hydrogen-bond donors (Lipinski definition) is 0. The Balaban J connectivity index is 2.79. The quantitative estimate of drug-likeness (QED) is 0.0771. The number of hydrogen-bond acceptors (Lipinski definition) is 13. The first-order valence-corrected chi connectivity index (χ1v) is 21.2. The van der Waals surface area contributed by atoms with Crippen LogP contribution in [0.2, 0.25) is 0 Å². The Morgan fingerprint density at radius 1 is 0.627 bits per heavy atom. The molecule has 1 aliphatic rings. The fraction of sp³-hybridized carbons (Fsp3) is 0.761. The van der Waals surface area contributed by atoms with Crippen molar-refractivity contribution < 1.29 is 47.7 Å². The van der Waals surface area contributed by atoms with Crippen molar-refractivity contribution >= 4 is 30.3 Å². The molecule has 1 saturated carbocycles. The molecule has 0 spiro atoms. The zero-order valence-corrected chi connectivity index (χ0v) is 39.0. The summed E-state index contributed by atoms with van der Waals surface area (Å²) in [4.78, 5) is 72.0. The lowest BCUT2D eigenvalue weighted by Crippen LogP contribution is -2.60.